The second-order valence-electron chi connectivity index (χ2n) is 8.40. The van der Waals surface area contributed by atoms with E-state index in [1.54, 1.807) is 12.1 Å². The van der Waals surface area contributed by atoms with Crippen LogP contribution in [0.25, 0.3) is 0 Å². The first kappa shape index (κ1) is 27.7. The Morgan fingerprint density at radius 3 is 2.16 bits per heavy atom. The molecule has 38 heavy (non-hydrogen) atoms. The first-order chi connectivity index (χ1) is 18.0. The summed E-state index contributed by atoms with van der Waals surface area (Å²) < 4.78 is 65.8. The van der Waals surface area contributed by atoms with Crippen molar-refractivity contribution in [1.82, 2.24) is 4.31 Å². The van der Waals surface area contributed by atoms with Crippen LogP contribution in [0.2, 0.25) is 5.02 Å². The molecule has 0 spiro atoms. The third kappa shape index (κ3) is 5.88. The average Bonchev–Trinajstić information content (AvgIpc) is 3.45. The fourth-order valence-corrected chi connectivity index (χ4v) is 6.74. The summed E-state index contributed by atoms with van der Waals surface area (Å²) in [5, 5.41) is 2.71. The number of carbonyl (C=O) groups excluding carboxylic acids is 1. The lowest BCUT2D eigenvalue weighted by atomic mass is 10.2. The van der Waals surface area contributed by atoms with Gasteiger partial charge < -0.3 is 14.8 Å². The molecule has 0 aromatic heterocycles. The molecule has 2 N–H and O–H groups in total. The van der Waals surface area contributed by atoms with Crippen LogP contribution in [-0.4, -0.2) is 54.4 Å². The summed E-state index contributed by atoms with van der Waals surface area (Å²) in [5.74, 6) is 0.150. The van der Waals surface area contributed by atoms with E-state index < -0.39 is 26.0 Å². The number of nitrogens with zero attached hydrogens (tertiary/aromatic N) is 1. The van der Waals surface area contributed by atoms with Gasteiger partial charge in [0.15, 0.2) is 0 Å². The second-order valence-corrected chi connectivity index (χ2v) is 12.4. The van der Waals surface area contributed by atoms with Crippen molar-refractivity contribution in [2.45, 2.75) is 22.6 Å². The topological polar surface area (TPSA) is 131 Å². The highest BCUT2D eigenvalue weighted by Crippen LogP contribution is 2.31. The number of rotatable bonds is 9. The van der Waals surface area contributed by atoms with Crippen molar-refractivity contribution in [2.24, 2.45) is 0 Å². The van der Waals surface area contributed by atoms with Gasteiger partial charge >= 0.3 is 0 Å². The van der Waals surface area contributed by atoms with Gasteiger partial charge in [0.2, 0.25) is 10.0 Å². The number of nitrogens with one attached hydrogen (secondary N) is 2. The van der Waals surface area contributed by atoms with Gasteiger partial charge in [0.25, 0.3) is 15.9 Å². The van der Waals surface area contributed by atoms with E-state index in [4.69, 9.17) is 21.1 Å². The zero-order chi connectivity index (χ0) is 27.5. The molecule has 13 heteroatoms. The number of methoxy groups -OCH3 is 2. The van der Waals surface area contributed by atoms with Gasteiger partial charge in [-0.2, -0.15) is 4.31 Å². The molecule has 202 valence electrons. The van der Waals surface area contributed by atoms with Gasteiger partial charge in [0.1, 0.15) is 11.5 Å². The van der Waals surface area contributed by atoms with Crippen molar-refractivity contribution in [3.8, 4) is 11.5 Å². The molecule has 1 aliphatic heterocycles. The van der Waals surface area contributed by atoms with Crippen LogP contribution >= 0.6 is 11.6 Å². The fourth-order valence-electron chi connectivity index (χ4n) is 3.92. The Morgan fingerprint density at radius 2 is 1.53 bits per heavy atom. The molecule has 0 saturated carbocycles. The van der Waals surface area contributed by atoms with Crippen LogP contribution in [0.3, 0.4) is 0 Å². The van der Waals surface area contributed by atoms with Crippen molar-refractivity contribution in [1.29, 1.82) is 0 Å². The van der Waals surface area contributed by atoms with Crippen LogP contribution in [-0.2, 0) is 20.0 Å². The Labute approximate surface area is 226 Å². The predicted molar refractivity (Wildman–Crippen MR) is 144 cm³/mol. The molecule has 0 aliphatic carbocycles. The van der Waals surface area contributed by atoms with Crippen LogP contribution in [0.15, 0.2) is 70.5 Å². The van der Waals surface area contributed by atoms with Crippen molar-refractivity contribution in [3.05, 3.63) is 71.2 Å². The first-order valence-corrected chi connectivity index (χ1v) is 14.8. The number of sulfonamides is 2. The molecule has 0 atom stereocenters. The monoisotopic (exact) mass is 579 g/mol. The highest BCUT2D eigenvalue weighted by Gasteiger charge is 2.28. The van der Waals surface area contributed by atoms with E-state index >= 15 is 0 Å². The van der Waals surface area contributed by atoms with Gasteiger partial charge in [-0.25, -0.2) is 16.8 Å². The summed E-state index contributed by atoms with van der Waals surface area (Å²) in [5.41, 5.74) is 0.501. The second kappa shape index (κ2) is 11.2. The van der Waals surface area contributed by atoms with E-state index in [-0.39, 0.29) is 31.8 Å². The lowest BCUT2D eigenvalue weighted by Gasteiger charge is -2.16. The van der Waals surface area contributed by atoms with Crippen LogP contribution in [0.5, 0.6) is 11.5 Å². The number of hydrogen-bond donors (Lipinski definition) is 2. The molecule has 1 heterocycles. The van der Waals surface area contributed by atoms with Crippen molar-refractivity contribution in [2.75, 3.05) is 37.3 Å². The van der Waals surface area contributed by atoms with E-state index in [1.807, 2.05) is 0 Å². The molecular weight excluding hydrogens is 554 g/mol. The maximum Gasteiger partial charge on any atom is 0.262 e. The van der Waals surface area contributed by atoms with E-state index in [1.165, 1.54) is 67.1 Å². The normalized spacial score (nSPS) is 14.2. The molecule has 1 amide bonds. The number of benzene rings is 3. The third-order valence-corrected chi connectivity index (χ3v) is 9.57. The molecule has 10 nitrogen and oxygen atoms in total. The molecule has 0 radical (unpaired) electrons. The smallest absolute Gasteiger partial charge is 0.262 e. The summed E-state index contributed by atoms with van der Waals surface area (Å²) >= 11 is 6.20. The van der Waals surface area contributed by atoms with Gasteiger partial charge in [0, 0.05) is 24.8 Å². The van der Waals surface area contributed by atoms with E-state index in [0.29, 0.717) is 24.5 Å². The summed E-state index contributed by atoms with van der Waals surface area (Å²) in [7, 11) is -4.82. The molecule has 1 saturated heterocycles. The van der Waals surface area contributed by atoms with Crippen molar-refractivity contribution in [3.63, 3.8) is 0 Å². The zero-order valence-corrected chi connectivity index (χ0v) is 23.0. The standard InChI is InChI=1S/C25H26ClN3O7S2/c1-35-18-7-12-23(24(15-18)36-2)28-37(31,32)19-8-5-17(6-9-19)27-25(30)21-16-20(10-11-22(21)26)38(33,34)29-13-3-4-14-29/h5-12,15-16,28H,3-4,13-14H2,1-2H3,(H,27,30). The molecule has 3 aromatic carbocycles. The zero-order valence-electron chi connectivity index (χ0n) is 20.6. The molecular formula is C25H26ClN3O7S2. The van der Waals surface area contributed by atoms with Gasteiger partial charge in [-0.15, -0.1) is 0 Å². The fraction of sp³-hybridized carbons (Fsp3) is 0.240. The van der Waals surface area contributed by atoms with Crippen LogP contribution in [0.4, 0.5) is 11.4 Å². The van der Waals surface area contributed by atoms with E-state index in [2.05, 4.69) is 10.0 Å². The Hall–Kier alpha value is -3.32. The molecule has 3 aromatic rings. The minimum absolute atomic E-state index is 0.0168. The molecule has 0 bridgehead atoms. The van der Waals surface area contributed by atoms with Crippen molar-refractivity contribution < 1.29 is 31.1 Å². The lowest BCUT2D eigenvalue weighted by molar-refractivity contribution is 0.102. The van der Waals surface area contributed by atoms with Crippen LogP contribution in [0.1, 0.15) is 23.2 Å². The first-order valence-electron chi connectivity index (χ1n) is 11.5. The van der Waals surface area contributed by atoms with E-state index in [9.17, 15) is 21.6 Å². The molecule has 1 aliphatic rings. The Balaban J connectivity index is 1.50. The van der Waals surface area contributed by atoms with E-state index in [0.717, 1.165) is 12.8 Å². The summed E-state index contributed by atoms with van der Waals surface area (Å²) in [6.07, 6.45) is 1.57. The van der Waals surface area contributed by atoms with Crippen molar-refractivity contribution >= 4 is 48.9 Å². The molecule has 4 rings (SSSR count). The average molecular weight is 580 g/mol. The quantitative estimate of drug-likeness (QED) is 0.388. The number of halogens is 1. The Bertz CT molecular complexity index is 1550. The lowest BCUT2D eigenvalue weighted by Crippen LogP contribution is -2.28. The third-order valence-electron chi connectivity index (χ3n) is 5.96. The Kier molecular flexibility index (Phi) is 8.16. The number of carbonyl (C=O) groups is 1. The van der Waals surface area contributed by atoms with Crippen LogP contribution in [0, 0.1) is 0 Å². The minimum atomic E-state index is -3.98. The highest BCUT2D eigenvalue weighted by molar-refractivity contribution is 7.92. The molecule has 0 unspecified atom stereocenters. The largest absolute Gasteiger partial charge is 0.497 e. The van der Waals surface area contributed by atoms with Gasteiger partial charge in [0.05, 0.1) is 40.3 Å². The van der Waals surface area contributed by atoms with Crippen LogP contribution < -0.4 is 19.5 Å². The predicted octanol–water partition coefficient (Wildman–Crippen LogP) is 4.19. The number of ether oxygens (including phenoxy) is 2. The van der Waals surface area contributed by atoms with Gasteiger partial charge in [-0.3, -0.25) is 9.52 Å². The number of amides is 1. The van der Waals surface area contributed by atoms with Gasteiger partial charge in [-0.1, -0.05) is 11.6 Å². The highest BCUT2D eigenvalue weighted by atomic mass is 35.5. The van der Waals surface area contributed by atoms with Gasteiger partial charge in [-0.05, 0) is 67.4 Å². The number of hydrogen-bond acceptors (Lipinski definition) is 7. The minimum Gasteiger partial charge on any atom is -0.497 e. The maximum atomic E-state index is 12.9. The summed E-state index contributed by atoms with van der Waals surface area (Å²) in [4.78, 5) is 12.9. The summed E-state index contributed by atoms with van der Waals surface area (Å²) in [6, 6.07) is 14.1. The Morgan fingerprint density at radius 1 is 0.868 bits per heavy atom. The SMILES string of the molecule is COc1ccc(NS(=O)(=O)c2ccc(NC(=O)c3cc(S(=O)(=O)N4CCCC4)ccc3Cl)cc2)c(OC)c1. The summed E-state index contributed by atoms with van der Waals surface area (Å²) in [6.45, 7) is 0.865. The molecule has 1 fully saturated rings. The number of anilines is 2. The maximum absolute atomic E-state index is 12.9.